The highest BCUT2D eigenvalue weighted by Crippen LogP contribution is 2.42. The molecule has 32 heavy (non-hydrogen) atoms. The molecular weight excluding hydrogens is 455 g/mol. The maximum atomic E-state index is 13.3. The molecule has 0 aliphatic carbocycles. The summed E-state index contributed by atoms with van der Waals surface area (Å²) >= 11 is -0.105. The fraction of sp³-hybridized carbons (Fsp3) is 0.364. The van der Waals surface area contributed by atoms with Gasteiger partial charge in [-0.15, -0.1) is 11.8 Å². The molecule has 0 bridgehead atoms. The molecule has 1 fully saturated rings. The smallest absolute Gasteiger partial charge is 0.292 e. The molecule has 0 spiro atoms. The van der Waals surface area contributed by atoms with Crippen molar-refractivity contribution in [3.05, 3.63) is 65.0 Å². The van der Waals surface area contributed by atoms with Gasteiger partial charge in [0.05, 0.1) is 36.9 Å². The summed E-state index contributed by atoms with van der Waals surface area (Å²) in [7, 11) is 1.57. The van der Waals surface area contributed by atoms with Crippen LogP contribution in [0.4, 0.5) is 10.1 Å². The first-order chi connectivity index (χ1) is 15.4. The molecule has 1 aliphatic rings. The van der Waals surface area contributed by atoms with E-state index in [2.05, 4.69) is 4.72 Å². The number of carbonyl (C=O) groups is 2. The number of amides is 2. The molecule has 2 amide bonds. The van der Waals surface area contributed by atoms with Gasteiger partial charge in [0, 0.05) is 18.4 Å². The third-order valence-electron chi connectivity index (χ3n) is 4.79. The Morgan fingerprint density at radius 3 is 2.69 bits per heavy atom. The molecule has 1 N–H and O–H groups in total. The first-order valence-corrected chi connectivity index (χ1v) is 12.3. The Hall–Kier alpha value is -2.11. The number of anilines is 1. The van der Waals surface area contributed by atoms with Crippen molar-refractivity contribution in [3.8, 4) is 0 Å². The zero-order valence-electron chi connectivity index (χ0n) is 17.8. The van der Waals surface area contributed by atoms with Crippen LogP contribution in [0.1, 0.15) is 26.9 Å². The van der Waals surface area contributed by atoms with E-state index in [4.69, 9.17) is 9.47 Å². The maximum absolute atomic E-state index is 13.3. The van der Waals surface area contributed by atoms with Gasteiger partial charge in [0.25, 0.3) is 5.91 Å². The summed E-state index contributed by atoms with van der Waals surface area (Å²) < 4.78 is 37.9. The Bertz CT molecular complexity index is 944. The molecule has 2 unspecified atom stereocenters. The van der Waals surface area contributed by atoms with E-state index < -0.39 is 17.3 Å². The van der Waals surface area contributed by atoms with Crippen molar-refractivity contribution >= 4 is 40.6 Å². The predicted molar refractivity (Wildman–Crippen MR) is 123 cm³/mol. The largest absolute Gasteiger partial charge is 0.593 e. The van der Waals surface area contributed by atoms with Crippen molar-refractivity contribution in [1.82, 2.24) is 4.72 Å². The van der Waals surface area contributed by atoms with E-state index in [1.165, 1.54) is 23.9 Å². The van der Waals surface area contributed by atoms with E-state index in [1.54, 1.807) is 42.3 Å². The van der Waals surface area contributed by atoms with Crippen LogP contribution in [-0.2, 0) is 25.6 Å². The Balaban J connectivity index is 1.66. The standard InChI is InChI=1S/C22H25FN2O5S2/c1-15-13-17(21(27)24-32(28)12-11-30-10-9-29-2)5-8-19(15)25-20(26)14-31-22(25)16-3-6-18(23)7-4-16/h3-8,13,22H,9-12,14H2,1-2H3,(H,24,27). The topological polar surface area (TPSA) is 90.9 Å². The van der Waals surface area contributed by atoms with Gasteiger partial charge in [-0.2, -0.15) is 4.72 Å². The summed E-state index contributed by atoms with van der Waals surface area (Å²) in [4.78, 5) is 26.7. The molecular formula is C22H25FN2O5S2. The van der Waals surface area contributed by atoms with Crippen LogP contribution in [0.5, 0.6) is 0 Å². The summed E-state index contributed by atoms with van der Waals surface area (Å²) in [5.74, 6) is -0.369. The number of hydrogen-bond acceptors (Lipinski definition) is 6. The number of carbonyl (C=O) groups excluding carboxylic acids is 2. The van der Waals surface area contributed by atoms with Gasteiger partial charge in [0.15, 0.2) is 5.75 Å². The average molecular weight is 481 g/mol. The van der Waals surface area contributed by atoms with Gasteiger partial charge in [-0.1, -0.05) is 12.1 Å². The molecule has 172 valence electrons. The van der Waals surface area contributed by atoms with Crippen LogP contribution in [0.25, 0.3) is 0 Å². The summed E-state index contributed by atoms with van der Waals surface area (Å²) in [5, 5.41) is -0.271. The molecule has 0 radical (unpaired) electrons. The van der Waals surface area contributed by atoms with Crippen molar-refractivity contribution in [2.45, 2.75) is 12.3 Å². The van der Waals surface area contributed by atoms with Crippen LogP contribution < -0.4 is 9.62 Å². The van der Waals surface area contributed by atoms with Crippen molar-refractivity contribution in [2.24, 2.45) is 0 Å². The molecule has 2 aromatic carbocycles. The van der Waals surface area contributed by atoms with Gasteiger partial charge < -0.3 is 14.0 Å². The monoisotopic (exact) mass is 480 g/mol. The minimum absolute atomic E-state index is 0.0563. The lowest BCUT2D eigenvalue weighted by molar-refractivity contribution is -0.115. The number of nitrogens with one attached hydrogen (secondary N) is 1. The van der Waals surface area contributed by atoms with Gasteiger partial charge in [0.1, 0.15) is 11.2 Å². The normalized spacial score (nSPS) is 16.9. The number of hydrogen-bond donors (Lipinski definition) is 1. The summed E-state index contributed by atoms with van der Waals surface area (Å²) in [6.07, 6.45) is 0. The highest BCUT2D eigenvalue weighted by molar-refractivity contribution is 8.00. The van der Waals surface area contributed by atoms with Crippen molar-refractivity contribution in [1.29, 1.82) is 0 Å². The van der Waals surface area contributed by atoms with E-state index in [9.17, 15) is 18.5 Å². The van der Waals surface area contributed by atoms with E-state index in [1.807, 2.05) is 6.92 Å². The summed E-state index contributed by atoms with van der Waals surface area (Å²) in [6, 6.07) is 11.1. The van der Waals surface area contributed by atoms with E-state index in [0.717, 1.165) is 11.1 Å². The lowest BCUT2D eigenvalue weighted by Crippen LogP contribution is -2.34. The molecule has 1 saturated heterocycles. The van der Waals surface area contributed by atoms with Crippen LogP contribution >= 0.6 is 11.8 Å². The molecule has 3 rings (SSSR count). The van der Waals surface area contributed by atoms with E-state index in [-0.39, 0.29) is 29.5 Å². The maximum Gasteiger partial charge on any atom is 0.292 e. The molecule has 1 aliphatic heterocycles. The average Bonchev–Trinajstić information content (AvgIpc) is 3.15. The zero-order valence-corrected chi connectivity index (χ0v) is 19.5. The molecule has 1 heterocycles. The zero-order chi connectivity index (χ0) is 23.1. The fourth-order valence-corrected chi connectivity index (χ4v) is 5.08. The van der Waals surface area contributed by atoms with Crippen LogP contribution in [0.2, 0.25) is 0 Å². The summed E-state index contributed by atoms with van der Waals surface area (Å²) in [6.45, 7) is 2.90. The van der Waals surface area contributed by atoms with Crippen molar-refractivity contribution in [3.63, 3.8) is 0 Å². The number of halogens is 1. The van der Waals surface area contributed by atoms with Gasteiger partial charge >= 0.3 is 0 Å². The Labute approximate surface area is 194 Å². The fourth-order valence-electron chi connectivity index (χ4n) is 3.22. The van der Waals surface area contributed by atoms with Crippen LogP contribution in [-0.4, -0.2) is 54.8 Å². The second-order valence-electron chi connectivity index (χ2n) is 7.07. The molecule has 2 atom stereocenters. The number of methoxy groups -OCH3 is 1. The van der Waals surface area contributed by atoms with E-state index >= 15 is 0 Å². The number of nitrogens with zero attached hydrogens (tertiary/aromatic N) is 1. The second kappa shape index (κ2) is 11.7. The Morgan fingerprint density at radius 1 is 1.25 bits per heavy atom. The SMILES string of the molecule is COCCOCC[S+]([O-])NC(=O)c1ccc(N2C(=O)CSC2c2ccc(F)cc2)c(C)c1. The van der Waals surface area contributed by atoms with E-state index in [0.29, 0.717) is 30.2 Å². The third kappa shape index (κ3) is 6.23. The lowest BCUT2D eigenvalue weighted by Gasteiger charge is -2.26. The van der Waals surface area contributed by atoms with Crippen LogP contribution in [0.15, 0.2) is 42.5 Å². The molecule has 7 nitrogen and oxygen atoms in total. The lowest BCUT2D eigenvalue weighted by atomic mass is 10.1. The minimum atomic E-state index is -1.57. The van der Waals surface area contributed by atoms with Crippen molar-refractivity contribution < 1.29 is 28.0 Å². The first-order valence-electron chi connectivity index (χ1n) is 9.96. The number of thioether (sulfide) groups is 1. The Morgan fingerprint density at radius 2 is 2.00 bits per heavy atom. The van der Waals surface area contributed by atoms with Gasteiger partial charge in [-0.3, -0.25) is 14.5 Å². The number of ether oxygens (including phenoxy) is 2. The molecule has 10 heteroatoms. The second-order valence-corrected chi connectivity index (χ2v) is 9.44. The number of benzene rings is 2. The van der Waals surface area contributed by atoms with Crippen LogP contribution in [0.3, 0.4) is 0 Å². The predicted octanol–water partition coefficient (Wildman–Crippen LogP) is 2.97. The highest BCUT2D eigenvalue weighted by atomic mass is 32.2. The minimum Gasteiger partial charge on any atom is -0.593 e. The third-order valence-corrected chi connectivity index (χ3v) is 6.96. The summed E-state index contributed by atoms with van der Waals surface area (Å²) in [5.41, 5.74) is 2.58. The molecule has 2 aromatic rings. The highest BCUT2D eigenvalue weighted by Gasteiger charge is 2.35. The molecule has 0 aromatic heterocycles. The number of rotatable bonds is 10. The quantitative estimate of drug-likeness (QED) is 0.415. The van der Waals surface area contributed by atoms with Gasteiger partial charge in [0.2, 0.25) is 5.91 Å². The van der Waals surface area contributed by atoms with Gasteiger partial charge in [-0.25, -0.2) is 4.39 Å². The molecule has 0 saturated carbocycles. The van der Waals surface area contributed by atoms with Crippen molar-refractivity contribution in [2.75, 3.05) is 43.3 Å². The first kappa shape index (κ1) is 24.5. The number of aryl methyl sites for hydroxylation is 1. The Kier molecular flexibility index (Phi) is 8.94. The van der Waals surface area contributed by atoms with Crippen LogP contribution in [0, 0.1) is 12.7 Å². The van der Waals surface area contributed by atoms with Gasteiger partial charge in [-0.05, 0) is 48.4 Å².